The number of carbonyl (C=O) groups excluding carboxylic acids is 1. The first-order valence-electron chi connectivity index (χ1n) is 12.0. The molecule has 0 radical (unpaired) electrons. The van der Waals surface area contributed by atoms with Gasteiger partial charge in [-0.05, 0) is 68.9 Å². The molecule has 0 saturated carbocycles. The van der Waals surface area contributed by atoms with E-state index in [0.717, 1.165) is 22.3 Å². The topological polar surface area (TPSA) is 17.1 Å². The third kappa shape index (κ3) is 5.03. The molecule has 0 spiro atoms. The molecule has 1 heteroatoms. The first kappa shape index (κ1) is 26.4. The molecule has 176 valence electrons. The van der Waals surface area contributed by atoms with Crippen molar-refractivity contribution in [1.82, 2.24) is 0 Å². The fraction of sp³-hybridized carbons (Fsp3) is 0.581. The quantitative estimate of drug-likeness (QED) is 0.432. The maximum Gasteiger partial charge on any atom is 0.194 e. The number of benzene rings is 2. The van der Waals surface area contributed by atoms with Crippen molar-refractivity contribution < 1.29 is 4.79 Å². The normalized spacial score (nSPS) is 13.4. The summed E-state index contributed by atoms with van der Waals surface area (Å²) in [6, 6.07) is 8.76. The molecule has 0 amide bonds. The van der Waals surface area contributed by atoms with E-state index in [2.05, 4.69) is 121 Å². The van der Waals surface area contributed by atoms with E-state index in [-0.39, 0.29) is 27.4 Å². The summed E-state index contributed by atoms with van der Waals surface area (Å²) in [5, 5.41) is 0. The Morgan fingerprint density at radius 2 is 0.781 bits per heavy atom. The Morgan fingerprint density at radius 3 is 1.00 bits per heavy atom. The van der Waals surface area contributed by atoms with Crippen molar-refractivity contribution >= 4 is 5.78 Å². The van der Waals surface area contributed by atoms with Crippen LogP contribution in [0, 0.1) is 13.8 Å². The Kier molecular flexibility index (Phi) is 6.72. The van der Waals surface area contributed by atoms with Gasteiger partial charge in [0.25, 0.3) is 0 Å². The second kappa shape index (κ2) is 8.15. The average molecular weight is 435 g/mol. The summed E-state index contributed by atoms with van der Waals surface area (Å²) in [7, 11) is 0. The lowest BCUT2D eigenvalue weighted by molar-refractivity contribution is 0.103. The lowest BCUT2D eigenvalue weighted by atomic mass is 9.68. The van der Waals surface area contributed by atoms with Crippen molar-refractivity contribution in [3.63, 3.8) is 0 Å². The van der Waals surface area contributed by atoms with Crippen LogP contribution < -0.4 is 0 Å². The number of hydrogen-bond acceptors (Lipinski definition) is 1. The summed E-state index contributed by atoms with van der Waals surface area (Å²) in [6.45, 7) is 30.9. The third-order valence-electron chi connectivity index (χ3n) is 6.40. The largest absolute Gasteiger partial charge is 0.289 e. The van der Waals surface area contributed by atoms with Gasteiger partial charge in [0.15, 0.2) is 5.78 Å². The monoisotopic (exact) mass is 434 g/mol. The Morgan fingerprint density at radius 1 is 0.500 bits per heavy atom. The highest BCUT2D eigenvalue weighted by Gasteiger charge is 2.36. The predicted octanol–water partition coefficient (Wildman–Crippen LogP) is 8.72. The fourth-order valence-electron chi connectivity index (χ4n) is 5.19. The van der Waals surface area contributed by atoms with Gasteiger partial charge in [0.1, 0.15) is 0 Å². The van der Waals surface area contributed by atoms with Gasteiger partial charge in [-0.15, -0.1) is 0 Å². The van der Waals surface area contributed by atoms with E-state index in [1.807, 2.05) is 0 Å². The molecule has 1 nitrogen and oxygen atoms in total. The minimum absolute atomic E-state index is 0.133. The van der Waals surface area contributed by atoms with Crippen molar-refractivity contribution in [3.05, 3.63) is 68.8 Å². The standard InChI is InChI=1S/C31H46O/c1-19-15-17-21(28(3,4)5)23(25(19)30(9,10)11)27(32)24-22(29(6,7)8)18-16-20(2)26(24)31(12,13)14/h15-18H,1-14H3. The van der Waals surface area contributed by atoms with E-state index in [4.69, 9.17) is 0 Å². The Labute approximate surface area is 198 Å². The molecule has 0 unspecified atom stereocenters. The zero-order valence-corrected chi connectivity index (χ0v) is 23.2. The van der Waals surface area contributed by atoms with E-state index in [9.17, 15) is 4.79 Å². The van der Waals surface area contributed by atoms with Crippen LogP contribution in [0.4, 0.5) is 0 Å². The van der Waals surface area contributed by atoms with Crippen molar-refractivity contribution in [3.8, 4) is 0 Å². The van der Waals surface area contributed by atoms with Gasteiger partial charge in [-0.25, -0.2) is 0 Å². The second-order valence-electron chi connectivity index (χ2n) is 13.7. The number of ketones is 1. The first-order chi connectivity index (χ1) is 14.2. The highest BCUT2D eigenvalue weighted by molar-refractivity contribution is 6.14. The maximum atomic E-state index is 14.8. The maximum absolute atomic E-state index is 14.8. The van der Waals surface area contributed by atoms with Gasteiger partial charge in [-0.1, -0.05) is 107 Å². The van der Waals surface area contributed by atoms with Crippen molar-refractivity contribution in [2.45, 2.75) is 119 Å². The fourth-order valence-corrected chi connectivity index (χ4v) is 5.19. The molecule has 0 aliphatic rings. The molecule has 2 rings (SSSR count). The van der Waals surface area contributed by atoms with E-state index >= 15 is 0 Å². The van der Waals surface area contributed by atoms with Gasteiger partial charge >= 0.3 is 0 Å². The minimum atomic E-state index is -0.135. The Balaban J connectivity index is 3.15. The van der Waals surface area contributed by atoms with Crippen molar-refractivity contribution in [2.24, 2.45) is 0 Å². The molecule has 0 atom stereocenters. The number of rotatable bonds is 2. The average Bonchev–Trinajstić information content (AvgIpc) is 2.55. The van der Waals surface area contributed by atoms with Crippen LogP contribution >= 0.6 is 0 Å². The van der Waals surface area contributed by atoms with Gasteiger partial charge < -0.3 is 0 Å². The highest BCUT2D eigenvalue weighted by Crippen LogP contribution is 2.42. The molecule has 2 aromatic carbocycles. The van der Waals surface area contributed by atoms with Gasteiger partial charge in [0.2, 0.25) is 0 Å². The molecular weight excluding hydrogens is 388 g/mol. The summed E-state index contributed by atoms with van der Waals surface area (Å²) < 4.78 is 0. The lowest BCUT2D eigenvalue weighted by Crippen LogP contribution is -2.30. The Hall–Kier alpha value is -1.89. The number of carbonyl (C=O) groups is 1. The molecule has 0 fully saturated rings. The van der Waals surface area contributed by atoms with E-state index in [1.165, 1.54) is 22.3 Å². The molecule has 0 N–H and O–H groups in total. The first-order valence-corrected chi connectivity index (χ1v) is 12.0. The van der Waals surface area contributed by atoms with Gasteiger partial charge in [0.05, 0.1) is 0 Å². The summed E-state index contributed by atoms with van der Waals surface area (Å²) in [5.74, 6) is 0.182. The molecule has 32 heavy (non-hydrogen) atoms. The molecule has 0 aliphatic heterocycles. The third-order valence-corrected chi connectivity index (χ3v) is 6.40. The summed E-state index contributed by atoms with van der Waals surface area (Å²) >= 11 is 0. The van der Waals surface area contributed by atoms with Crippen LogP contribution in [0.5, 0.6) is 0 Å². The van der Waals surface area contributed by atoms with Crippen LogP contribution in [-0.2, 0) is 21.7 Å². The van der Waals surface area contributed by atoms with Crippen LogP contribution in [0.3, 0.4) is 0 Å². The molecule has 0 aromatic heterocycles. The number of aryl methyl sites for hydroxylation is 2. The van der Waals surface area contributed by atoms with Crippen LogP contribution in [0.1, 0.15) is 132 Å². The molecule has 0 saturated heterocycles. The van der Waals surface area contributed by atoms with Gasteiger partial charge in [-0.2, -0.15) is 0 Å². The van der Waals surface area contributed by atoms with Crippen LogP contribution in [0.15, 0.2) is 24.3 Å². The second-order valence-corrected chi connectivity index (χ2v) is 13.7. The van der Waals surface area contributed by atoms with Crippen LogP contribution in [0.25, 0.3) is 0 Å². The smallest absolute Gasteiger partial charge is 0.194 e. The van der Waals surface area contributed by atoms with Crippen molar-refractivity contribution in [1.29, 1.82) is 0 Å². The lowest BCUT2D eigenvalue weighted by Gasteiger charge is -2.34. The molecule has 2 aromatic rings. The predicted molar refractivity (Wildman–Crippen MR) is 141 cm³/mol. The van der Waals surface area contributed by atoms with E-state index in [1.54, 1.807) is 0 Å². The summed E-state index contributed by atoms with van der Waals surface area (Å²) in [6.07, 6.45) is 0. The summed E-state index contributed by atoms with van der Waals surface area (Å²) in [5.41, 5.74) is 8.29. The Bertz CT molecular complexity index is 939. The number of hydrogen-bond donors (Lipinski definition) is 0. The SMILES string of the molecule is Cc1ccc(C(C)(C)C)c(C(=O)c2c(C(C)(C)C)ccc(C)c2C(C)(C)C)c1C(C)(C)C. The van der Waals surface area contributed by atoms with E-state index < -0.39 is 0 Å². The minimum Gasteiger partial charge on any atom is -0.289 e. The van der Waals surface area contributed by atoms with Gasteiger partial charge in [0, 0.05) is 11.1 Å². The molecular formula is C31H46O. The molecule has 0 bridgehead atoms. The van der Waals surface area contributed by atoms with Crippen LogP contribution in [-0.4, -0.2) is 5.78 Å². The van der Waals surface area contributed by atoms with Crippen LogP contribution in [0.2, 0.25) is 0 Å². The molecule has 0 heterocycles. The van der Waals surface area contributed by atoms with Crippen molar-refractivity contribution in [2.75, 3.05) is 0 Å². The van der Waals surface area contributed by atoms with Gasteiger partial charge in [-0.3, -0.25) is 4.79 Å². The zero-order valence-electron chi connectivity index (χ0n) is 23.2. The van der Waals surface area contributed by atoms with E-state index in [0.29, 0.717) is 0 Å². The summed E-state index contributed by atoms with van der Waals surface area (Å²) in [4.78, 5) is 14.8. The molecule has 0 aliphatic carbocycles. The highest BCUT2D eigenvalue weighted by atomic mass is 16.1. The zero-order chi connectivity index (χ0) is 25.0.